The van der Waals surface area contributed by atoms with Crippen LogP contribution in [0.15, 0.2) is 47.4 Å². The van der Waals surface area contributed by atoms with Crippen molar-refractivity contribution in [3.63, 3.8) is 0 Å². The molecule has 0 fully saturated rings. The van der Waals surface area contributed by atoms with Crippen molar-refractivity contribution in [1.29, 1.82) is 5.26 Å². The van der Waals surface area contributed by atoms with E-state index in [9.17, 15) is 13.2 Å². The highest BCUT2D eigenvalue weighted by Crippen LogP contribution is 2.22. The van der Waals surface area contributed by atoms with E-state index in [1.165, 1.54) is 25.3 Å². The van der Waals surface area contributed by atoms with Crippen molar-refractivity contribution in [2.45, 2.75) is 11.3 Å². The molecule has 2 rings (SSSR count). The third kappa shape index (κ3) is 5.85. The Morgan fingerprint density at radius 1 is 1.28 bits per heavy atom. The van der Waals surface area contributed by atoms with E-state index < -0.39 is 10.0 Å². The first-order chi connectivity index (χ1) is 13.8. The van der Waals surface area contributed by atoms with Gasteiger partial charge in [0.15, 0.2) is 6.19 Å². The van der Waals surface area contributed by atoms with E-state index in [4.69, 9.17) is 21.6 Å². The fourth-order valence-corrected chi connectivity index (χ4v) is 4.46. The van der Waals surface area contributed by atoms with Gasteiger partial charge in [0.25, 0.3) is 15.9 Å². The Morgan fingerprint density at radius 2 is 1.97 bits per heavy atom. The van der Waals surface area contributed by atoms with Gasteiger partial charge < -0.3 is 10.1 Å². The van der Waals surface area contributed by atoms with E-state index >= 15 is 0 Å². The minimum atomic E-state index is -3.87. The number of sulfonamides is 1. The molecule has 29 heavy (non-hydrogen) atoms. The predicted octanol–water partition coefficient (Wildman–Crippen LogP) is 3.19. The lowest BCUT2D eigenvalue weighted by Gasteiger charge is -2.15. The van der Waals surface area contributed by atoms with Crippen LogP contribution in [0.25, 0.3) is 0 Å². The maximum Gasteiger partial charge on any atom is 0.272 e. The Bertz CT molecular complexity index is 1010. The summed E-state index contributed by atoms with van der Waals surface area (Å²) in [6.07, 6.45) is 2.18. The molecular formula is C19H19BrClN3O4S. The van der Waals surface area contributed by atoms with E-state index in [0.717, 1.165) is 9.87 Å². The first-order valence-corrected chi connectivity index (χ1v) is 11.5. The molecule has 0 atom stereocenters. The van der Waals surface area contributed by atoms with Crippen molar-refractivity contribution < 1.29 is 17.9 Å². The number of hydrogen-bond donors (Lipinski definition) is 1. The fraction of sp³-hybridized carbons (Fsp3) is 0.263. The first kappa shape index (κ1) is 23.0. The van der Waals surface area contributed by atoms with Crippen LogP contribution < -0.4 is 10.1 Å². The quantitative estimate of drug-likeness (QED) is 0.324. The van der Waals surface area contributed by atoms with Crippen molar-refractivity contribution in [2.75, 3.05) is 25.5 Å². The topological polar surface area (TPSA) is 99.5 Å². The highest BCUT2D eigenvalue weighted by atomic mass is 79.9. The van der Waals surface area contributed by atoms with E-state index in [-0.39, 0.29) is 17.3 Å². The molecule has 0 unspecified atom stereocenters. The summed E-state index contributed by atoms with van der Waals surface area (Å²) in [7, 11) is -2.39. The number of amides is 1. The molecule has 1 amide bonds. The van der Waals surface area contributed by atoms with Crippen LogP contribution in [0.3, 0.4) is 0 Å². The van der Waals surface area contributed by atoms with Gasteiger partial charge in [-0.2, -0.15) is 5.26 Å². The van der Waals surface area contributed by atoms with Gasteiger partial charge in [-0.25, -0.2) is 12.7 Å². The maximum absolute atomic E-state index is 12.4. The minimum absolute atomic E-state index is 0.0384. The maximum atomic E-state index is 12.4. The van der Waals surface area contributed by atoms with Crippen molar-refractivity contribution >= 4 is 43.5 Å². The normalized spacial score (nSPS) is 10.8. The van der Waals surface area contributed by atoms with Crippen LogP contribution in [0, 0.1) is 11.5 Å². The average Bonchev–Trinajstić information content (AvgIpc) is 2.72. The van der Waals surface area contributed by atoms with E-state index in [1.807, 2.05) is 0 Å². The third-order valence-corrected chi connectivity index (χ3v) is 6.32. The number of alkyl halides is 1. The van der Waals surface area contributed by atoms with Crippen LogP contribution in [0.1, 0.15) is 15.9 Å². The highest BCUT2D eigenvalue weighted by molar-refractivity contribution is 9.09. The summed E-state index contributed by atoms with van der Waals surface area (Å²) in [5.41, 5.74) is 1.18. The molecule has 0 aromatic heterocycles. The zero-order chi connectivity index (χ0) is 21.4. The Labute approximate surface area is 183 Å². The van der Waals surface area contributed by atoms with Crippen LogP contribution in [0.2, 0.25) is 5.02 Å². The summed E-state index contributed by atoms with van der Waals surface area (Å²) in [4.78, 5) is 12.4. The molecule has 0 radical (unpaired) electrons. The SMILES string of the molecule is COc1ccc(Cl)cc1C(=O)NCCc1ccc(S(=O)(=O)N(C#N)CCBr)cc1. The second kappa shape index (κ2) is 10.5. The standard InChI is InChI=1S/C19H19BrClN3O4S/c1-28-18-7-4-15(21)12-17(18)19(25)23-10-8-14-2-5-16(6-3-14)29(26,27)24(13-22)11-9-20/h2-7,12H,8-11H2,1H3,(H,23,25). The van der Waals surface area contributed by atoms with Gasteiger partial charge in [-0.05, 0) is 42.3 Å². The molecule has 10 heteroatoms. The average molecular weight is 501 g/mol. The van der Waals surface area contributed by atoms with E-state index in [1.54, 1.807) is 30.5 Å². The zero-order valence-corrected chi connectivity index (χ0v) is 18.7. The Kier molecular flexibility index (Phi) is 8.32. The molecule has 0 saturated carbocycles. The smallest absolute Gasteiger partial charge is 0.272 e. The largest absolute Gasteiger partial charge is 0.496 e. The molecule has 0 spiro atoms. The molecule has 2 aromatic carbocycles. The molecular weight excluding hydrogens is 482 g/mol. The van der Waals surface area contributed by atoms with Crippen molar-refractivity contribution in [1.82, 2.24) is 9.62 Å². The molecule has 1 N–H and O–H groups in total. The number of ether oxygens (including phenoxy) is 1. The number of nitrogens with one attached hydrogen (secondary N) is 1. The van der Waals surface area contributed by atoms with E-state index in [2.05, 4.69) is 21.2 Å². The Morgan fingerprint density at radius 3 is 2.55 bits per heavy atom. The van der Waals surface area contributed by atoms with Gasteiger partial charge in [0.2, 0.25) is 0 Å². The second-order valence-electron chi connectivity index (χ2n) is 5.86. The molecule has 0 aliphatic heterocycles. The van der Waals surface area contributed by atoms with Crippen LogP contribution >= 0.6 is 27.5 Å². The van der Waals surface area contributed by atoms with Crippen molar-refractivity contribution in [2.24, 2.45) is 0 Å². The molecule has 2 aromatic rings. The van der Waals surface area contributed by atoms with Crippen molar-refractivity contribution in [3.05, 3.63) is 58.6 Å². The third-order valence-electron chi connectivity index (χ3n) is 4.02. The molecule has 154 valence electrons. The second-order valence-corrected chi connectivity index (χ2v) is 8.95. The summed E-state index contributed by atoms with van der Waals surface area (Å²) in [6, 6.07) is 11.0. The number of carbonyl (C=O) groups excluding carboxylic acids is 1. The Hall–Kier alpha value is -2.28. The number of nitriles is 1. The number of halogens is 2. The molecule has 0 aliphatic carbocycles. The van der Waals surface area contributed by atoms with Crippen LogP contribution in [0.5, 0.6) is 5.75 Å². The van der Waals surface area contributed by atoms with Gasteiger partial charge in [-0.1, -0.05) is 39.7 Å². The zero-order valence-electron chi connectivity index (χ0n) is 15.6. The fourth-order valence-electron chi connectivity index (χ4n) is 2.53. The monoisotopic (exact) mass is 499 g/mol. The van der Waals surface area contributed by atoms with Crippen molar-refractivity contribution in [3.8, 4) is 11.9 Å². The molecule has 0 bridgehead atoms. The van der Waals surface area contributed by atoms with Gasteiger partial charge in [-0.15, -0.1) is 0 Å². The number of methoxy groups -OCH3 is 1. The number of benzene rings is 2. The summed E-state index contributed by atoms with van der Waals surface area (Å²) < 4.78 is 30.7. The molecule has 0 aliphatic rings. The van der Waals surface area contributed by atoms with Crippen LogP contribution in [-0.2, 0) is 16.4 Å². The highest BCUT2D eigenvalue weighted by Gasteiger charge is 2.22. The van der Waals surface area contributed by atoms with Gasteiger partial charge in [0.05, 0.1) is 24.1 Å². The van der Waals surface area contributed by atoms with Gasteiger partial charge >= 0.3 is 0 Å². The first-order valence-electron chi connectivity index (χ1n) is 8.52. The lowest BCUT2D eigenvalue weighted by atomic mass is 10.1. The number of rotatable bonds is 9. The predicted molar refractivity (Wildman–Crippen MR) is 114 cm³/mol. The molecule has 7 nitrogen and oxygen atoms in total. The minimum Gasteiger partial charge on any atom is -0.496 e. The summed E-state index contributed by atoms with van der Waals surface area (Å²) in [6.45, 7) is 0.397. The summed E-state index contributed by atoms with van der Waals surface area (Å²) in [5.74, 6) is 0.106. The van der Waals surface area contributed by atoms with Crippen LogP contribution in [0.4, 0.5) is 0 Å². The lowest BCUT2D eigenvalue weighted by Crippen LogP contribution is -2.28. The van der Waals surface area contributed by atoms with Crippen LogP contribution in [-0.4, -0.2) is 44.2 Å². The number of nitrogens with zero attached hydrogens (tertiary/aromatic N) is 2. The number of carbonyl (C=O) groups is 1. The summed E-state index contributed by atoms with van der Waals surface area (Å²) in [5, 5.41) is 12.6. The molecule has 0 heterocycles. The molecule has 0 saturated heterocycles. The van der Waals surface area contributed by atoms with Gasteiger partial charge in [0, 0.05) is 16.9 Å². The number of hydrogen-bond acceptors (Lipinski definition) is 5. The van der Waals surface area contributed by atoms with E-state index in [0.29, 0.717) is 34.6 Å². The lowest BCUT2D eigenvalue weighted by molar-refractivity contribution is 0.0951. The summed E-state index contributed by atoms with van der Waals surface area (Å²) >= 11 is 9.07. The van der Waals surface area contributed by atoms with Gasteiger partial charge in [0.1, 0.15) is 5.75 Å². The van der Waals surface area contributed by atoms with Gasteiger partial charge in [-0.3, -0.25) is 4.79 Å². The Balaban J connectivity index is 2.00.